The third-order valence-corrected chi connectivity index (χ3v) is 5.71. The molecule has 0 aliphatic carbocycles. The second-order valence-corrected chi connectivity index (χ2v) is 7.84. The van der Waals surface area contributed by atoms with Gasteiger partial charge in [0.1, 0.15) is 5.75 Å². The Balaban J connectivity index is 1.29. The molecule has 32 heavy (non-hydrogen) atoms. The van der Waals surface area contributed by atoms with Crippen molar-refractivity contribution >= 4 is 23.3 Å². The lowest BCUT2D eigenvalue weighted by Crippen LogP contribution is -2.48. The van der Waals surface area contributed by atoms with Crippen molar-refractivity contribution in [2.45, 2.75) is 6.42 Å². The highest BCUT2D eigenvalue weighted by Gasteiger charge is 2.27. The lowest BCUT2D eigenvalue weighted by Gasteiger charge is -2.37. The van der Waals surface area contributed by atoms with E-state index in [1.54, 1.807) is 25.3 Å². The normalized spacial score (nSPS) is 16.5. The van der Waals surface area contributed by atoms with Crippen molar-refractivity contribution < 1.29 is 28.9 Å². The lowest BCUT2D eigenvalue weighted by atomic mass is 10.0. The van der Waals surface area contributed by atoms with Crippen LogP contribution in [-0.2, 0) is 9.59 Å². The second kappa shape index (κ2) is 9.78. The summed E-state index contributed by atoms with van der Waals surface area (Å²) in [5.74, 6) is -0.102. The average Bonchev–Trinajstić information content (AvgIpc) is 3.27. The predicted molar refractivity (Wildman–Crippen MR) is 119 cm³/mol. The van der Waals surface area contributed by atoms with Crippen molar-refractivity contribution in [2.75, 3.05) is 56.8 Å². The number of carboxylic acid groups (broad SMARTS) is 1. The van der Waals surface area contributed by atoms with Crippen molar-refractivity contribution in [3.8, 4) is 17.2 Å². The van der Waals surface area contributed by atoms with E-state index in [2.05, 4.69) is 15.1 Å². The molecule has 0 spiro atoms. The average molecular weight is 441 g/mol. The molecule has 0 bridgehead atoms. The van der Waals surface area contributed by atoms with Crippen LogP contribution in [0.1, 0.15) is 6.42 Å². The standard InChI is InChI=1S/C23H27N3O6/c1-30-19-4-2-3-18(13-19)26-9-7-25(8-10-26)14-16(23(28)29)11-22(27)24-17-5-6-20-21(12-17)32-15-31-20/h2-6,12-13,16H,7-11,14-15H2,1H3,(H,24,27)(H,28,29). The molecule has 1 saturated heterocycles. The van der Waals surface area contributed by atoms with E-state index in [1.807, 2.05) is 24.3 Å². The number of nitrogens with one attached hydrogen (secondary N) is 1. The maximum absolute atomic E-state index is 12.5. The molecule has 2 aliphatic rings. The number of benzene rings is 2. The van der Waals surface area contributed by atoms with E-state index < -0.39 is 11.9 Å². The summed E-state index contributed by atoms with van der Waals surface area (Å²) in [5.41, 5.74) is 1.64. The molecular weight excluding hydrogens is 414 g/mol. The Morgan fingerprint density at radius 3 is 2.62 bits per heavy atom. The van der Waals surface area contributed by atoms with Gasteiger partial charge < -0.3 is 29.5 Å². The summed E-state index contributed by atoms with van der Waals surface area (Å²) >= 11 is 0. The van der Waals surface area contributed by atoms with Gasteiger partial charge >= 0.3 is 5.97 Å². The van der Waals surface area contributed by atoms with Crippen LogP contribution in [0.5, 0.6) is 17.2 Å². The fourth-order valence-electron chi connectivity index (χ4n) is 3.95. The zero-order chi connectivity index (χ0) is 22.5. The topological polar surface area (TPSA) is 101 Å². The van der Waals surface area contributed by atoms with E-state index in [9.17, 15) is 14.7 Å². The van der Waals surface area contributed by atoms with E-state index in [4.69, 9.17) is 14.2 Å². The first-order valence-corrected chi connectivity index (χ1v) is 10.6. The molecule has 0 aromatic heterocycles. The van der Waals surface area contributed by atoms with Gasteiger partial charge in [-0.05, 0) is 24.3 Å². The molecule has 2 aromatic carbocycles. The second-order valence-electron chi connectivity index (χ2n) is 7.84. The van der Waals surface area contributed by atoms with E-state index in [0.29, 0.717) is 23.7 Å². The van der Waals surface area contributed by atoms with Crippen molar-refractivity contribution in [3.05, 3.63) is 42.5 Å². The van der Waals surface area contributed by atoms with E-state index in [0.717, 1.165) is 37.6 Å². The highest BCUT2D eigenvalue weighted by atomic mass is 16.7. The van der Waals surface area contributed by atoms with Gasteiger partial charge in [-0.15, -0.1) is 0 Å². The Morgan fingerprint density at radius 1 is 1.09 bits per heavy atom. The molecule has 170 valence electrons. The number of carbonyl (C=O) groups is 2. The number of amides is 1. The summed E-state index contributed by atoms with van der Waals surface area (Å²) in [4.78, 5) is 28.6. The van der Waals surface area contributed by atoms with Crippen LogP contribution < -0.4 is 24.4 Å². The maximum atomic E-state index is 12.5. The number of rotatable bonds is 8. The highest BCUT2D eigenvalue weighted by molar-refractivity contribution is 5.93. The van der Waals surface area contributed by atoms with Crippen molar-refractivity contribution in [2.24, 2.45) is 5.92 Å². The summed E-state index contributed by atoms with van der Waals surface area (Å²) in [6.07, 6.45) is -0.0973. The number of fused-ring (bicyclic) bond motifs is 1. The number of ether oxygens (including phenoxy) is 3. The molecule has 2 N–H and O–H groups in total. The number of aliphatic carboxylic acids is 1. The van der Waals surface area contributed by atoms with Gasteiger partial charge in [-0.2, -0.15) is 0 Å². The van der Waals surface area contributed by atoms with Crippen LogP contribution in [0.25, 0.3) is 0 Å². The molecule has 2 heterocycles. The Bertz CT molecular complexity index is 974. The highest BCUT2D eigenvalue weighted by Crippen LogP contribution is 2.34. The van der Waals surface area contributed by atoms with E-state index in [-0.39, 0.29) is 19.1 Å². The molecule has 0 radical (unpaired) electrons. The number of anilines is 2. The van der Waals surface area contributed by atoms with Gasteiger partial charge in [0.05, 0.1) is 13.0 Å². The van der Waals surface area contributed by atoms with Gasteiger partial charge in [-0.1, -0.05) is 6.07 Å². The van der Waals surface area contributed by atoms with Crippen LogP contribution in [0.4, 0.5) is 11.4 Å². The van der Waals surface area contributed by atoms with Crippen molar-refractivity contribution in [1.29, 1.82) is 0 Å². The molecule has 2 aromatic rings. The summed E-state index contributed by atoms with van der Waals surface area (Å²) in [7, 11) is 1.64. The molecule has 9 heteroatoms. The van der Waals surface area contributed by atoms with E-state index in [1.165, 1.54) is 0 Å². The quantitative estimate of drug-likeness (QED) is 0.644. The molecular formula is C23H27N3O6. The first kappa shape index (κ1) is 21.8. The van der Waals surface area contributed by atoms with Gasteiger partial charge in [0.25, 0.3) is 0 Å². The minimum Gasteiger partial charge on any atom is -0.497 e. The predicted octanol–water partition coefficient (Wildman–Crippen LogP) is 2.28. The van der Waals surface area contributed by atoms with Crippen molar-refractivity contribution in [3.63, 3.8) is 0 Å². The maximum Gasteiger partial charge on any atom is 0.308 e. The molecule has 1 atom stereocenters. The fourth-order valence-corrected chi connectivity index (χ4v) is 3.95. The number of hydrogen-bond donors (Lipinski definition) is 2. The number of methoxy groups -OCH3 is 1. The molecule has 1 fully saturated rings. The van der Waals surface area contributed by atoms with Gasteiger partial charge in [0.15, 0.2) is 11.5 Å². The Morgan fingerprint density at radius 2 is 1.88 bits per heavy atom. The summed E-state index contributed by atoms with van der Waals surface area (Å²) < 4.78 is 15.9. The molecule has 4 rings (SSSR count). The lowest BCUT2D eigenvalue weighted by molar-refractivity contribution is -0.144. The number of piperazine rings is 1. The van der Waals surface area contributed by atoms with Gasteiger partial charge in [-0.3, -0.25) is 14.5 Å². The first-order valence-electron chi connectivity index (χ1n) is 10.6. The van der Waals surface area contributed by atoms with Crippen LogP contribution in [0.15, 0.2) is 42.5 Å². The van der Waals surface area contributed by atoms with Crippen LogP contribution >= 0.6 is 0 Å². The third kappa shape index (κ3) is 5.23. The van der Waals surface area contributed by atoms with Crippen LogP contribution in [0.3, 0.4) is 0 Å². The van der Waals surface area contributed by atoms with Crippen LogP contribution in [-0.4, -0.2) is 68.5 Å². The number of nitrogens with zero attached hydrogens (tertiary/aromatic N) is 2. The first-order chi connectivity index (χ1) is 15.5. The summed E-state index contributed by atoms with van der Waals surface area (Å²) in [6, 6.07) is 13.0. The minimum atomic E-state index is -0.971. The molecule has 1 unspecified atom stereocenters. The van der Waals surface area contributed by atoms with Crippen molar-refractivity contribution in [1.82, 2.24) is 4.90 Å². The minimum absolute atomic E-state index is 0.0973. The largest absolute Gasteiger partial charge is 0.497 e. The third-order valence-electron chi connectivity index (χ3n) is 5.71. The van der Waals surface area contributed by atoms with E-state index >= 15 is 0 Å². The fraction of sp³-hybridized carbons (Fsp3) is 0.391. The van der Waals surface area contributed by atoms with Gasteiger partial charge in [0, 0.05) is 62.7 Å². The number of carbonyl (C=O) groups excluding carboxylic acids is 1. The molecule has 2 aliphatic heterocycles. The molecule has 0 saturated carbocycles. The Hall–Kier alpha value is -3.46. The summed E-state index contributed by atoms with van der Waals surface area (Å²) in [6.45, 7) is 3.50. The monoisotopic (exact) mass is 441 g/mol. The van der Waals surface area contributed by atoms with Gasteiger partial charge in [-0.25, -0.2) is 0 Å². The SMILES string of the molecule is COc1cccc(N2CCN(CC(CC(=O)Nc3ccc4c(c3)OCO4)C(=O)O)CC2)c1. The Labute approximate surface area is 186 Å². The smallest absolute Gasteiger partial charge is 0.308 e. The summed E-state index contributed by atoms with van der Waals surface area (Å²) in [5, 5.41) is 12.4. The molecule has 9 nitrogen and oxygen atoms in total. The number of carboxylic acids is 1. The Kier molecular flexibility index (Phi) is 6.65. The zero-order valence-electron chi connectivity index (χ0n) is 18.0. The zero-order valence-corrected chi connectivity index (χ0v) is 18.0. The van der Waals surface area contributed by atoms with Gasteiger partial charge in [0.2, 0.25) is 12.7 Å². The van der Waals surface area contributed by atoms with Crippen LogP contribution in [0, 0.1) is 5.92 Å². The molecule has 1 amide bonds. The van der Waals surface area contributed by atoms with Crippen LogP contribution in [0.2, 0.25) is 0 Å². The number of hydrogen-bond acceptors (Lipinski definition) is 7.